The number of aryl methyl sites for hydroxylation is 2. The van der Waals surface area contributed by atoms with E-state index in [0.717, 1.165) is 29.6 Å². The number of halogens is 2. The number of hydrogen-bond acceptors (Lipinski definition) is 11. The summed E-state index contributed by atoms with van der Waals surface area (Å²) in [6.07, 6.45) is 3.93. The van der Waals surface area contributed by atoms with Gasteiger partial charge in [0.15, 0.2) is 0 Å². The first kappa shape index (κ1) is 30.7. The maximum Gasteiger partial charge on any atom is 0.414 e. The molecule has 1 aromatic carbocycles. The Bertz CT molecular complexity index is 1700. The number of anilines is 1. The third kappa shape index (κ3) is 7.26. The number of cyclic esters (lactones) is 1. The Hall–Kier alpha value is -4.70. The Morgan fingerprint density at radius 2 is 1.57 bits per heavy atom. The average Bonchev–Trinajstić information content (AvgIpc) is 3.79. The minimum absolute atomic E-state index is 0.177. The summed E-state index contributed by atoms with van der Waals surface area (Å²) in [5.74, 6) is 0.479. The van der Waals surface area contributed by atoms with E-state index in [-0.39, 0.29) is 13.2 Å². The largest absolute Gasteiger partial charge is 0.441 e. The van der Waals surface area contributed by atoms with Gasteiger partial charge < -0.3 is 9.84 Å². The number of hydrogen-bond donors (Lipinski definition) is 1. The van der Waals surface area contributed by atoms with Gasteiger partial charge in [0.25, 0.3) is 0 Å². The van der Waals surface area contributed by atoms with E-state index in [9.17, 15) is 9.18 Å². The van der Waals surface area contributed by atoms with Gasteiger partial charge in [0, 0.05) is 28.0 Å². The van der Waals surface area contributed by atoms with Crippen LogP contribution in [0.3, 0.4) is 0 Å². The van der Waals surface area contributed by atoms with Gasteiger partial charge in [0.1, 0.15) is 23.3 Å². The number of nitrogens with zero attached hydrogens (tertiary/aromatic N) is 11. The van der Waals surface area contributed by atoms with Crippen molar-refractivity contribution in [2.45, 2.75) is 45.9 Å². The molecule has 44 heavy (non-hydrogen) atoms. The first-order valence-corrected chi connectivity index (χ1v) is 14.7. The second-order valence-corrected chi connectivity index (χ2v) is 10.6. The molecule has 1 N–H and O–H groups in total. The summed E-state index contributed by atoms with van der Waals surface area (Å²) >= 11 is 3.32. The van der Waals surface area contributed by atoms with Crippen LogP contribution < -0.4 is 4.90 Å². The van der Waals surface area contributed by atoms with Crippen LogP contribution in [0.5, 0.6) is 0 Å². The molecule has 6 rings (SSSR count). The molecule has 0 unspecified atom stereocenters. The maximum atomic E-state index is 14.7. The van der Waals surface area contributed by atoms with Crippen LogP contribution in [-0.4, -0.2) is 80.8 Å². The Morgan fingerprint density at radius 1 is 0.932 bits per heavy atom. The predicted octanol–water partition coefficient (Wildman–Crippen LogP) is 4.18. The number of rotatable bonds is 9. The number of tetrazole rings is 2. The molecule has 1 aliphatic rings. The fraction of sp³-hybridized carbons (Fsp3) is 0.321. The highest BCUT2D eigenvalue weighted by Gasteiger charge is 2.32. The maximum absolute atomic E-state index is 14.7. The fourth-order valence-corrected chi connectivity index (χ4v) is 4.44. The average molecular weight is 667 g/mol. The van der Waals surface area contributed by atoms with Crippen molar-refractivity contribution in [3.05, 3.63) is 65.1 Å². The molecule has 0 aliphatic carbocycles. The van der Waals surface area contributed by atoms with Crippen molar-refractivity contribution >= 4 is 27.7 Å². The zero-order chi connectivity index (χ0) is 31.1. The third-order valence-electron chi connectivity index (χ3n) is 6.36. The number of carbonyl (C=O) groups excluding carboxylic acids is 1. The van der Waals surface area contributed by atoms with E-state index >= 15 is 0 Å². The van der Waals surface area contributed by atoms with Crippen molar-refractivity contribution in [3.8, 4) is 34.2 Å². The van der Waals surface area contributed by atoms with Crippen molar-refractivity contribution in [1.29, 1.82) is 0 Å². The molecule has 1 aliphatic heterocycles. The van der Waals surface area contributed by atoms with E-state index in [0.29, 0.717) is 40.7 Å². The number of aromatic nitrogens is 10. The molecule has 0 saturated carbocycles. The Kier molecular flexibility index (Phi) is 9.91. The number of aliphatic hydroxyl groups excluding tert-OH is 1. The van der Waals surface area contributed by atoms with Crippen LogP contribution in [0, 0.1) is 5.82 Å². The van der Waals surface area contributed by atoms with Crippen LogP contribution in [0.2, 0.25) is 0 Å². The smallest absolute Gasteiger partial charge is 0.414 e. The SMILES string of the molecule is CCCn1nnc(-c2ccc(-c3ccc(N4C[C@H](CO)OC4=O)cc3F)cn2)n1.CCCn1nnc(-c2ccc(Br)cn2)n1. The predicted molar refractivity (Wildman–Crippen MR) is 160 cm³/mol. The summed E-state index contributed by atoms with van der Waals surface area (Å²) in [4.78, 5) is 24.8. The van der Waals surface area contributed by atoms with Gasteiger partial charge in [-0.15, -0.1) is 20.4 Å². The van der Waals surface area contributed by atoms with Gasteiger partial charge in [-0.1, -0.05) is 19.9 Å². The molecule has 1 fully saturated rings. The summed E-state index contributed by atoms with van der Waals surface area (Å²) in [5.41, 5.74) is 2.58. The van der Waals surface area contributed by atoms with Crippen LogP contribution in [0.4, 0.5) is 14.9 Å². The van der Waals surface area contributed by atoms with Gasteiger partial charge in [-0.25, -0.2) is 9.18 Å². The molecule has 0 bridgehead atoms. The zero-order valence-corrected chi connectivity index (χ0v) is 25.5. The Balaban J connectivity index is 0.000000215. The standard InChI is InChI=1S/C19H19FN6O3.C9H10BrN5/c1-2-7-26-23-18(22-24-26)17-6-3-12(9-21-17)15-5-4-13(8-16(15)20)25-10-14(11-27)29-19(25)28;1-2-5-15-13-9(12-14-15)8-4-3-7(10)6-11-8/h3-6,8-9,14,27H,2,7,10-11H2,1H3;3-4,6H,2,5H2,1H3/t14-;/m1./s1. The van der Waals surface area contributed by atoms with Crippen LogP contribution in [0.1, 0.15) is 26.7 Å². The highest BCUT2D eigenvalue weighted by molar-refractivity contribution is 9.10. The van der Waals surface area contributed by atoms with E-state index < -0.39 is 18.0 Å². The second-order valence-electron chi connectivity index (χ2n) is 9.67. The lowest BCUT2D eigenvalue weighted by Crippen LogP contribution is -2.25. The zero-order valence-electron chi connectivity index (χ0n) is 24.0. The van der Waals surface area contributed by atoms with E-state index in [1.807, 2.05) is 19.1 Å². The molecule has 5 aromatic rings. The quantitative estimate of drug-likeness (QED) is 0.240. The van der Waals surface area contributed by atoms with Crippen molar-refractivity contribution < 1.29 is 19.0 Å². The Labute approximate surface area is 260 Å². The number of amides is 1. The highest BCUT2D eigenvalue weighted by Crippen LogP contribution is 2.29. The summed E-state index contributed by atoms with van der Waals surface area (Å²) in [6.45, 7) is 5.45. The van der Waals surface area contributed by atoms with E-state index in [2.05, 4.69) is 63.6 Å². The lowest BCUT2D eigenvalue weighted by Gasteiger charge is -2.14. The van der Waals surface area contributed by atoms with Gasteiger partial charge in [0.2, 0.25) is 11.6 Å². The van der Waals surface area contributed by atoms with Gasteiger partial charge in [-0.05, 0) is 75.6 Å². The number of ether oxygens (including phenoxy) is 1. The van der Waals surface area contributed by atoms with Crippen LogP contribution >= 0.6 is 15.9 Å². The molecule has 1 atom stereocenters. The van der Waals surface area contributed by atoms with Gasteiger partial charge in [-0.2, -0.15) is 9.59 Å². The van der Waals surface area contributed by atoms with E-state index in [1.54, 1.807) is 41.5 Å². The first-order chi connectivity index (χ1) is 21.4. The number of aliphatic hydroxyl groups is 1. The topological polar surface area (TPSA) is 163 Å². The highest BCUT2D eigenvalue weighted by atomic mass is 79.9. The lowest BCUT2D eigenvalue weighted by molar-refractivity contribution is 0.0963. The summed E-state index contributed by atoms with van der Waals surface area (Å²) in [6, 6.07) is 11.7. The Morgan fingerprint density at radius 3 is 2.07 bits per heavy atom. The fourth-order valence-electron chi connectivity index (χ4n) is 4.21. The monoisotopic (exact) mass is 665 g/mol. The van der Waals surface area contributed by atoms with E-state index in [4.69, 9.17) is 9.84 Å². The van der Waals surface area contributed by atoms with Crippen molar-refractivity contribution in [2.75, 3.05) is 18.1 Å². The summed E-state index contributed by atoms with van der Waals surface area (Å²) in [5, 5.41) is 33.4. The number of pyridine rings is 2. The minimum atomic E-state index is -0.606. The van der Waals surface area contributed by atoms with Crippen molar-refractivity contribution in [1.82, 2.24) is 50.4 Å². The third-order valence-corrected chi connectivity index (χ3v) is 6.82. The second kappa shape index (κ2) is 14.2. The molecule has 16 heteroatoms. The molecule has 5 heterocycles. The van der Waals surface area contributed by atoms with Crippen molar-refractivity contribution in [3.63, 3.8) is 0 Å². The lowest BCUT2D eigenvalue weighted by atomic mass is 10.1. The normalized spacial score (nSPS) is 14.3. The molecular weight excluding hydrogens is 637 g/mol. The van der Waals surface area contributed by atoms with E-state index in [1.165, 1.54) is 15.8 Å². The van der Waals surface area contributed by atoms with Crippen LogP contribution in [-0.2, 0) is 17.8 Å². The van der Waals surface area contributed by atoms with Crippen molar-refractivity contribution in [2.24, 2.45) is 0 Å². The van der Waals surface area contributed by atoms with Gasteiger partial charge >= 0.3 is 6.09 Å². The molecule has 0 radical (unpaired) electrons. The van der Waals surface area contributed by atoms with Gasteiger partial charge in [-0.3, -0.25) is 14.9 Å². The first-order valence-electron chi connectivity index (χ1n) is 13.9. The summed E-state index contributed by atoms with van der Waals surface area (Å²) < 4.78 is 20.6. The summed E-state index contributed by atoms with van der Waals surface area (Å²) in [7, 11) is 0. The molecule has 0 spiro atoms. The van der Waals surface area contributed by atoms with Crippen LogP contribution in [0.25, 0.3) is 34.2 Å². The molecule has 4 aromatic heterocycles. The molecular formula is C28H29BrFN11O3. The van der Waals surface area contributed by atoms with Gasteiger partial charge in [0.05, 0.1) is 31.9 Å². The molecule has 1 saturated heterocycles. The number of carbonyl (C=O) groups is 1. The molecule has 1 amide bonds. The minimum Gasteiger partial charge on any atom is -0.441 e. The molecule has 14 nitrogen and oxygen atoms in total. The number of benzene rings is 1. The molecule has 228 valence electrons. The van der Waals surface area contributed by atoms with Crippen LogP contribution in [0.15, 0.2) is 59.3 Å².